The largest absolute Gasteiger partial charge is 0.348 e. The molecule has 2 aromatic rings. The highest BCUT2D eigenvalue weighted by Gasteiger charge is 2.12. The third-order valence-electron chi connectivity index (χ3n) is 2.94. The van der Waals surface area contributed by atoms with Gasteiger partial charge in [0.25, 0.3) is 0 Å². The van der Waals surface area contributed by atoms with Crippen LogP contribution in [-0.2, 0) is 11.3 Å². The quantitative estimate of drug-likeness (QED) is 0.903. The number of amides is 1. The highest BCUT2D eigenvalue weighted by molar-refractivity contribution is 9.10. The molecule has 0 saturated carbocycles. The summed E-state index contributed by atoms with van der Waals surface area (Å²) < 4.78 is 2.04. The van der Waals surface area contributed by atoms with Crippen LogP contribution in [0.15, 0.2) is 33.5 Å². The zero-order chi connectivity index (χ0) is 15.6. The van der Waals surface area contributed by atoms with Crippen LogP contribution in [-0.4, -0.2) is 15.5 Å². The summed E-state index contributed by atoms with van der Waals surface area (Å²) in [4.78, 5) is 27.8. The number of nitrogens with one attached hydrogen (secondary N) is 1. The first kappa shape index (κ1) is 15.7. The van der Waals surface area contributed by atoms with Crippen LogP contribution in [0.2, 0.25) is 5.02 Å². The number of carbonyl (C=O) groups excluding carboxylic acids is 1. The molecule has 0 unspecified atom stereocenters. The first-order valence-electron chi connectivity index (χ1n) is 6.17. The summed E-state index contributed by atoms with van der Waals surface area (Å²) in [7, 11) is 0. The van der Waals surface area contributed by atoms with Gasteiger partial charge < -0.3 is 5.32 Å². The number of carbonyl (C=O) groups is 1. The summed E-state index contributed by atoms with van der Waals surface area (Å²) in [5.74, 6) is -0.319. The van der Waals surface area contributed by atoms with Crippen LogP contribution in [0.3, 0.4) is 0 Å². The molecule has 0 aliphatic carbocycles. The van der Waals surface area contributed by atoms with Gasteiger partial charge in [0, 0.05) is 16.4 Å². The fourth-order valence-corrected chi connectivity index (χ4v) is 2.37. The molecular formula is C14H13BrClN3O2. The molecule has 0 bridgehead atoms. The molecule has 2 rings (SSSR count). The van der Waals surface area contributed by atoms with Crippen LogP contribution in [0.25, 0.3) is 0 Å². The van der Waals surface area contributed by atoms with Crippen LogP contribution in [0.1, 0.15) is 11.4 Å². The molecule has 0 radical (unpaired) electrons. The standard InChI is InChI=1S/C14H13BrClN3O2/c1-8-13(15)9(2)19(14(21)17-8)7-12(20)18-11-5-3-4-10(16)6-11/h3-6H,7H2,1-2H3,(H,18,20). The second kappa shape index (κ2) is 6.41. The maximum Gasteiger partial charge on any atom is 0.348 e. The Morgan fingerprint density at radius 2 is 2.14 bits per heavy atom. The molecule has 1 aromatic carbocycles. The van der Waals surface area contributed by atoms with Crippen LogP contribution in [0, 0.1) is 13.8 Å². The van der Waals surface area contributed by atoms with Crippen molar-refractivity contribution in [2.45, 2.75) is 20.4 Å². The van der Waals surface area contributed by atoms with Crippen molar-refractivity contribution in [2.24, 2.45) is 0 Å². The lowest BCUT2D eigenvalue weighted by Gasteiger charge is -2.12. The number of aromatic nitrogens is 2. The van der Waals surface area contributed by atoms with E-state index >= 15 is 0 Å². The van der Waals surface area contributed by atoms with Gasteiger partial charge in [-0.05, 0) is 48.0 Å². The van der Waals surface area contributed by atoms with Gasteiger partial charge >= 0.3 is 5.69 Å². The fraction of sp³-hybridized carbons (Fsp3) is 0.214. The van der Waals surface area contributed by atoms with Crippen molar-refractivity contribution in [3.05, 3.63) is 55.6 Å². The van der Waals surface area contributed by atoms with E-state index in [-0.39, 0.29) is 12.5 Å². The van der Waals surface area contributed by atoms with Gasteiger partial charge in [-0.3, -0.25) is 9.36 Å². The molecule has 1 heterocycles. The lowest BCUT2D eigenvalue weighted by Crippen LogP contribution is -2.31. The van der Waals surface area contributed by atoms with E-state index in [1.54, 1.807) is 38.1 Å². The van der Waals surface area contributed by atoms with Crippen molar-refractivity contribution in [1.82, 2.24) is 9.55 Å². The summed E-state index contributed by atoms with van der Waals surface area (Å²) in [5, 5.41) is 3.22. The Balaban J connectivity index is 2.21. The molecule has 110 valence electrons. The highest BCUT2D eigenvalue weighted by Crippen LogP contribution is 2.17. The molecule has 0 aliphatic rings. The van der Waals surface area contributed by atoms with Crippen molar-refractivity contribution < 1.29 is 4.79 Å². The number of hydrogen-bond donors (Lipinski definition) is 1. The van der Waals surface area contributed by atoms with Gasteiger partial charge in [-0.15, -0.1) is 0 Å². The average molecular weight is 371 g/mol. The van der Waals surface area contributed by atoms with E-state index in [0.29, 0.717) is 22.1 Å². The predicted octanol–water partition coefficient (Wildman–Crippen LogP) is 2.91. The first-order valence-corrected chi connectivity index (χ1v) is 7.34. The number of hydrogen-bond acceptors (Lipinski definition) is 3. The van der Waals surface area contributed by atoms with Crippen molar-refractivity contribution in [2.75, 3.05) is 5.32 Å². The van der Waals surface area contributed by atoms with Gasteiger partial charge in [0.1, 0.15) is 6.54 Å². The van der Waals surface area contributed by atoms with E-state index in [1.807, 2.05) is 0 Å². The van der Waals surface area contributed by atoms with Gasteiger partial charge in [-0.25, -0.2) is 4.79 Å². The SMILES string of the molecule is Cc1nc(=O)n(CC(=O)Nc2cccc(Cl)c2)c(C)c1Br. The summed E-state index contributed by atoms with van der Waals surface area (Å²) in [6, 6.07) is 6.81. The Morgan fingerprint density at radius 1 is 1.43 bits per heavy atom. The van der Waals surface area contributed by atoms with Gasteiger partial charge in [-0.2, -0.15) is 4.98 Å². The van der Waals surface area contributed by atoms with E-state index < -0.39 is 5.69 Å². The molecule has 5 nitrogen and oxygen atoms in total. The normalized spacial score (nSPS) is 10.5. The summed E-state index contributed by atoms with van der Waals surface area (Å²) >= 11 is 9.21. The van der Waals surface area contributed by atoms with Crippen LogP contribution in [0.4, 0.5) is 5.69 Å². The second-order valence-electron chi connectivity index (χ2n) is 4.52. The fourth-order valence-electron chi connectivity index (χ4n) is 1.87. The molecule has 1 aromatic heterocycles. The first-order chi connectivity index (χ1) is 9.88. The smallest absolute Gasteiger partial charge is 0.324 e. The summed E-state index contributed by atoms with van der Waals surface area (Å²) in [6.07, 6.45) is 0. The number of anilines is 1. The summed E-state index contributed by atoms with van der Waals surface area (Å²) in [6.45, 7) is 3.38. The average Bonchev–Trinajstić information content (AvgIpc) is 2.41. The van der Waals surface area contributed by atoms with Crippen molar-refractivity contribution in [1.29, 1.82) is 0 Å². The van der Waals surface area contributed by atoms with Gasteiger partial charge in [-0.1, -0.05) is 17.7 Å². The van der Waals surface area contributed by atoms with E-state index in [4.69, 9.17) is 11.6 Å². The molecule has 0 spiro atoms. The van der Waals surface area contributed by atoms with E-state index in [0.717, 1.165) is 4.47 Å². The van der Waals surface area contributed by atoms with Gasteiger partial charge in [0.05, 0.1) is 10.2 Å². The molecule has 1 amide bonds. The number of rotatable bonds is 3. The van der Waals surface area contributed by atoms with Crippen molar-refractivity contribution >= 4 is 39.1 Å². The Kier molecular flexibility index (Phi) is 4.80. The number of benzene rings is 1. The highest BCUT2D eigenvalue weighted by atomic mass is 79.9. The Hall–Kier alpha value is -1.66. The molecule has 7 heteroatoms. The zero-order valence-corrected chi connectivity index (χ0v) is 13.8. The van der Waals surface area contributed by atoms with Gasteiger partial charge in [0.15, 0.2) is 0 Å². The third kappa shape index (κ3) is 3.71. The molecule has 1 N–H and O–H groups in total. The monoisotopic (exact) mass is 369 g/mol. The molecule has 21 heavy (non-hydrogen) atoms. The maximum atomic E-state index is 12.0. The van der Waals surface area contributed by atoms with Crippen LogP contribution < -0.4 is 11.0 Å². The molecule has 0 saturated heterocycles. The minimum Gasteiger partial charge on any atom is -0.324 e. The van der Waals surface area contributed by atoms with Crippen LogP contribution in [0.5, 0.6) is 0 Å². The Bertz CT molecular complexity index is 758. The molecule has 0 fully saturated rings. The van der Waals surface area contributed by atoms with Crippen LogP contribution >= 0.6 is 27.5 Å². The third-order valence-corrected chi connectivity index (χ3v) is 4.33. The molecule has 0 atom stereocenters. The van der Waals surface area contributed by atoms with E-state index in [9.17, 15) is 9.59 Å². The lowest BCUT2D eigenvalue weighted by atomic mass is 10.3. The Morgan fingerprint density at radius 3 is 2.81 bits per heavy atom. The van der Waals surface area contributed by atoms with Gasteiger partial charge in [0.2, 0.25) is 5.91 Å². The molecular weight excluding hydrogens is 358 g/mol. The van der Waals surface area contributed by atoms with E-state index in [2.05, 4.69) is 26.2 Å². The number of halogens is 2. The summed E-state index contributed by atoms with van der Waals surface area (Å²) in [5.41, 5.74) is 1.39. The van der Waals surface area contributed by atoms with Crippen molar-refractivity contribution in [3.8, 4) is 0 Å². The number of nitrogens with zero attached hydrogens (tertiary/aromatic N) is 2. The topological polar surface area (TPSA) is 64.0 Å². The molecule has 0 aliphatic heterocycles. The number of aryl methyl sites for hydroxylation is 1. The Labute approximate surface area is 135 Å². The zero-order valence-electron chi connectivity index (χ0n) is 11.5. The van der Waals surface area contributed by atoms with Crippen molar-refractivity contribution in [3.63, 3.8) is 0 Å². The minimum atomic E-state index is -0.450. The maximum absolute atomic E-state index is 12.0. The lowest BCUT2D eigenvalue weighted by molar-refractivity contribution is -0.116. The minimum absolute atomic E-state index is 0.108. The van der Waals surface area contributed by atoms with E-state index in [1.165, 1.54) is 4.57 Å². The second-order valence-corrected chi connectivity index (χ2v) is 5.75. The predicted molar refractivity (Wildman–Crippen MR) is 85.8 cm³/mol.